The summed E-state index contributed by atoms with van der Waals surface area (Å²) in [6, 6.07) is 3.76. The van der Waals surface area contributed by atoms with Gasteiger partial charge in [-0.2, -0.15) is 13.2 Å². The van der Waals surface area contributed by atoms with Crippen LogP contribution < -0.4 is 5.73 Å². The first-order valence-electron chi connectivity index (χ1n) is 4.43. The maximum Gasteiger partial charge on any atom is 0.418 e. The number of aromatic nitrogens is 3. The van der Waals surface area contributed by atoms with Gasteiger partial charge in [-0.25, -0.2) is 4.68 Å². The number of nitrogens with zero attached hydrogens (tertiary/aromatic N) is 3. The first kappa shape index (κ1) is 11.9. The molecule has 1 heterocycles. The van der Waals surface area contributed by atoms with Crippen LogP contribution in [-0.2, 0) is 6.18 Å². The lowest BCUT2D eigenvalue weighted by molar-refractivity contribution is -0.137. The van der Waals surface area contributed by atoms with Crippen molar-refractivity contribution in [2.24, 2.45) is 0 Å². The smallest absolute Gasteiger partial charge is 0.381 e. The number of nitrogen functional groups attached to an aromatic ring is 1. The van der Waals surface area contributed by atoms with Gasteiger partial charge in [0.2, 0.25) is 0 Å². The van der Waals surface area contributed by atoms with Crippen LogP contribution in [0.15, 0.2) is 28.9 Å². The fourth-order valence-electron chi connectivity index (χ4n) is 1.33. The topological polar surface area (TPSA) is 56.7 Å². The molecule has 2 aromatic rings. The van der Waals surface area contributed by atoms with Crippen molar-refractivity contribution in [3.63, 3.8) is 0 Å². The Balaban J connectivity index is 2.61. The maximum atomic E-state index is 12.8. The van der Waals surface area contributed by atoms with Gasteiger partial charge >= 0.3 is 6.18 Å². The van der Waals surface area contributed by atoms with E-state index in [4.69, 9.17) is 5.73 Å². The molecule has 0 aliphatic rings. The molecule has 4 nitrogen and oxygen atoms in total. The Morgan fingerprint density at radius 2 is 2.00 bits per heavy atom. The molecule has 1 aromatic carbocycles. The lowest BCUT2D eigenvalue weighted by Gasteiger charge is -2.12. The minimum atomic E-state index is -4.47. The van der Waals surface area contributed by atoms with Crippen LogP contribution in [0.1, 0.15) is 5.56 Å². The van der Waals surface area contributed by atoms with Gasteiger partial charge in [-0.15, -0.1) is 5.10 Å². The predicted octanol–water partition coefficient (Wildman–Crippen LogP) is 2.63. The van der Waals surface area contributed by atoms with Gasteiger partial charge in [-0.05, 0) is 18.2 Å². The molecule has 0 saturated carbocycles. The summed E-state index contributed by atoms with van der Waals surface area (Å²) in [5.41, 5.74) is 4.39. The predicted molar refractivity (Wildman–Crippen MR) is 58.5 cm³/mol. The average molecular weight is 307 g/mol. The van der Waals surface area contributed by atoms with E-state index in [0.29, 0.717) is 4.47 Å². The zero-order chi connectivity index (χ0) is 12.6. The highest BCUT2D eigenvalue weighted by Crippen LogP contribution is 2.35. The van der Waals surface area contributed by atoms with Crippen molar-refractivity contribution in [1.29, 1.82) is 0 Å². The van der Waals surface area contributed by atoms with Crippen molar-refractivity contribution in [2.45, 2.75) is 6.18 Å². The second kappa shape index (κ2) is 4.02. The van der Waals surface area contributed by atoms with Gasteiger partial charge in [0.05, 0.1) is 17.4 Å². The number of rotatable bonds is 1. The average Bonchev–Trinajstić information content (AvgIpc) is 2.63. The van der Waals surface area contributed by atoms with Crippen molar-refractivity contribution in [2.75, 3.05) is 5.73 Å². The van der Waals surface area contributed by atoms with E-state index in [-0.39, 0.29) is 11.5 Å². The molecular formula is C9H6BrF3N4. The van der Waals surface area contributed by atoms with Crippen molar-refractivity contribution in [3.8, 4) is 5.69 Å². The van der Waals surface area contributed by atoms with Crippen LogP contribution >= 0.6 is 15.9 Å². The van der Waals surface area contributed by atoms with Crippen LogP contribution in [0.5, 0.6) is 0 Å². The summed E-state index contributed by atoms with van der Waals surface area (Å²) in [6.45, 7) is 0. The Morgan fingerprint density at radius 3 is 2.53 bits per heavy atom. The van der Waals surface area contributed by atoms with Gasteiger partial charge < -0.3 is 5.73 Å². The minimum absolute atomic E-state index is 0.0565. The molecule has 0 bridgehead atoms. The zero-order valence-corrected chi connectivity index (χ0v) is 9.83. The van der Waals surface area contributed by atoms with E-state index in [1.54, 1.807) is 0 Å². The van der Waals surface area contributed by atoms with Crippen LogP contribution in [0.3, 0.4) is 0 Å². The van der Waals surface area contributed by atoms with Crippen molar-refractivity contribution in [1.82, 2.24) is 15.0 Å². The number of hydrogen-bond acceptors (Lipinski definition) is 3. The lowest BCUT2D eigenvalue weighted by Crippen LogP contribution is -2.11. The Kier molecular flexibility index (Phi) is 2.82. The summed E-state index contributed by atoms with van der Waals surface area (Å²) in [4.78, 5) is 0. The molecule has 8 heteroatoms. The van der Waals surface area contributed by atoms with Gasteiger partial charge in [-0.1, -0.05) is 21.1 Å². The second-order valence-corrected chi connectivity index (χ2v) is 4.16. The fourth-order valence-corrected chi connectivity index (χ4v) is 1.69. The molecule has 17 heavy (non-hydrogen) atoms. The van der Waals surface area contributed by atoms with Gasteiger partial charge in [0.1, 0.15) is 0 Å². The maximum absolute atomic E-state index is 12.8. The number of alkyl halides is 3. The molecule has 0 spiro atoms. The van der Waals surface area contributed by atoms with E-state index in [1.165, 1.54) is 18.3 Å². The molecule has 0 atom stereocenters. The van der Waals surface area contributed by atoms with Gasteiger partial charge in [0.15, 0.2) is 5.82 Å². The third-order valence-corrected chi connectivity index (χ3v) is 2.52. The number of hydrogen-bond donors (Lipinski definition) is 1. The summed E-state index contributed by atoms with van der Waals surface area (Å²) in [7, 11) is 0. The minimum Gasteiger partial charge on any atom is -0.381 e. The third-order valence-electron chi connectivity index (χ3n) is 2.02. The van der Waals surface area contributed by atoms with E-state index in [2.05, 4.69) is 26.2 Å². The number of anilines is 1. The van der Waals surface area contributed by atoms with E-state index < -0.39 is 11.7 Å². The normalized spacial score (nSPS) is 11.8. The van der Waals surface area contributed by atoms with E-state index >= 15 is 0 Å². The Morgan fingerprint density at radius 1 is 1.29 bits per heavy atom. The van der Waals surface area contributed by atoms with Crippen LogP contribution in [0.2, 0.25) is 0 Å². The molecule has 0 unspecified atom stereocenters. The van der Waals surface area contributed by atoms with Crippen LogP contribution in [0.25, 0.3) is 5.69 Å². The van der Waals surface area contributed by atoms with E-state index in [1.807, 2.05) is 0 Å². The molecule has 2 N–H and O–H groups in total. The number of halogens is 4. The molecule has 0 radical (unpaired) electrons. The molecule has 0 aliphatic heterocycles. The van der Waals surface area contributed by atoms with E-state index in [0.717, 1.165) is 10.7 Å². The third kappa shape index (κ3) is 2.41. The highest BCUT2D eigenvalue weighted by molar-refractivity contribution is 9.10. The van der Waals surface area contributed by atoms with Gasteiger partial charge in [-0.3, -0.25) is 0 Å². The van der Waals surface area contributed by atoms with E-state index in [9.17, 15) is 13.2 Å². The van der Waals surface area contributed by atoms with Crippen molar-refractivity contribution in [3.05, 3.63) is 34.4 Å². The largest absolute Gasteiger partial charge is 0.418 e. The number of nitrogens with two attached hydrogens (primary N) is 1. The van der Waals surface area contributed by atoms with Crippen molar-refractivity contribution >= 4 is 21.7 Å². The fraction of sp³-hybridized carbons (Fsp3) is 0.111. The zero-order valence-electron chi connectivity index (χ0n) is 8.24. The monoisotopic (exact) mass is 306 g/mol. The first-order chi connectivity index (χ1) is 7.88. The van der Waals surface area contributed by atoms with Crippen LogP contribution in [-0.4, -0.2) is 15.0 Å². The summed E-state index contributed by atoms with van der Waals surface area (Å²) < 4.78 is 39.7. The highest BCUT2D eigenvalue weighted by Gasteiger charge is 2.34. The SMILES string of the molecule is Nc1cn(-c2ccc(Br)cc2C(F)(F)F)nn1. The Hall–Kier alpha value is -1.57. The van der Waals surface area contributed by atoms with Crippen LogP contribution in [0, 0.1) is 0 Å². The van der Waals surface area contributed by atoms with Gasteiger partial charge in [0, 0.05) is 4.47 Å². The molecule has 0 saturated heterocycles. The Labute approximate surface area is 102 Å². The molecule has 0 fully saturated rings. The molecule has 90 valence electrons. The lowest BCUT2D eigenvalue weighted by atomic mass is 10.1. The Bertz CT molecular complexity index is 549. The molecular weight excluding hydrogens is 301 g/mol. The molecule has 0 amide bonds. The summed E-state index contributed by atoms with van der Waals surface area (Å²) in [5.74, 6) is 0.0565. The first-order valence-corrected chi connectivity index (χ1v) is 5.22. The molecule has 1 aromatic heterocycles. The highest BCUT2D eigenvalue weighted by atomic mass is 79.9. The van der Waals surface area contributed by atoms with Crippen molar-refractivity contribution < 1.29 is 13.2 Å². The summed E-state index contributed by atoms with van der Waals surface area (Å²) in [6.07, 6.45) is -3.25. The van der Waals surface area contributed by atoms with Gasteiger partial charge in [0.25, 0.3) is 0 Å². The quantitative estimate of drug-likeness (QED) is 0.881. The molecule has 2 rings (SSSR count). The summed E-state index contributed by atoms with van der Waals surface area (Å²) >= 11 is 3.00. The molecule has 0 aliphatic carbocycles. The standard InChI is InChI=1S/C9H6BrF3N4/c10-5-1-2-7(6(3-5)9(11,12)13)17-4-8(14)15-16-17/h1-4H,14H2. The van der Waals surface area contributed by atoms with Crippen LogP contribution in [0.4, 0.5) is 19.0 Å². The summed E-state index contributed by atoms with van der Waals surface area (Å²) in [5, 5.41) is 6.97. The number of benzene rings is 1. The second-order valence-electron chi connectivity index (χ2n) is 3.25.